The van der Waals surface area contributed by atoms with Crippen LogP contribution in [0.2, 0.25) is 0 Å². The number of aromatic nitrogens is 6. The normalized spacial score (nSPS) is 9.77. The Kier molecular flexibility index (Phi) is 11.3. The second kappa shape index (κ2) is 15.3. The molecule has 216 valence electrons. The smallest absolute Gasteiger partial charge is 0.397 e. The Morgan fingerprint density at radius 1 is 0.256 bits per heavy atom. The Morgan fingerprint density at radius 3 is 0.488 bits per heavy atom. The van der Waals surface area contributed by atoms with Crippen LogP contribution < -0.4 is 34.4 Å². The zero-order valence-corrected chi connectivity index (χ0v) is 24.0. The molecule has 12 nitrogen and oxygen atoms in total. The summed E-state index contributed by atoms with van der Waals surface area (Å²) in [5.41, 5.74) is 41.8. The first-order valence-electron chi connectivity index (χ1n) is 12.6. The van der Waals surface area contributed by atoms with Gasteiger partial charge in [-0.25, -0.2) is 0 Å². The maximum Gasteiger partial charge on any atom is 2.00 e. The minimum absolute atomic E-state index is 0. The number of hydrogen-bond donors (Lipinski definition) is 6. The summed E-state index contributed by atoms with van der Waals surface area (Å²) in [7, 11) is 0. The van der Waals surface area contributed by atoms with E-state index in [4.69, 9.17) is 34.4 Å². The van der Waals surface area contributed by atoms with Gasteiger partial charge in [-0.1, -0.05) is 0 Å². The Bertz CT molecular complexity index is 1340. The molecule has 0 saturated heterocycles. The fourth-order valence-electron chi connectivity index (χ4n) is 3.34. The van der Waals surface area contributed by atoms with Crippen molar-refractivity contribution in [2.24, 2.45) is 0 Å². The Morgan fingerprint density at radius 2 is 0.395 bits per heavy atom. The van der Waals surface area contributed by atoms with E-state index >= 15 is 0 Å². The summed E-state index contributed by atoms with van der Waals surface area (Å²) in [5.74, 6) is 0. The zero-order valence-electron chi connectivity index (χ0n) is 22.9. The number of pyridine rings is 6. The van der Waals surface area contributed by atoms with E-state index in [2.05, 4.69) is 29.9 Å². The molecule has 0 saturated carbocycles. The Balaban J connectivity index is 0.000000175. The van der Waals surface area contributed by atoms with Crippen LogP contribution in [-0.4, -0.2) is 29.9 Å². The van der Waals surface area contributed by atoms with Crippen molar-refractivity contribution in [3.05, 3.63) is 110 Å². The number of nitrogen functional groups attached to an aromatic ring is 6. The molecular weight excluding hydrogens is 584 g/mol. The minimum atomic E-state index is 0. The fourth-order valence-corrected chi connectivity index (χ4v) is 3.34. The van der Waals surface area contributed by atoms with Gasteiger partial charge >= 0.3 is 17.1 Å². The average molecular weight is 614 g/mol. The second-order valence-corrected chi connectivity index (χ2v) is 8.86. The van der Waals surface area contributed by atoms with E-state index in [1.165, 1.54) is 0 Å². The van der Waals surface area contributed by atoms with Crippen LogP contribution in [0.25, 0.3) is 34.2 Å². The number of nitrogens with zero attached hydrogens (tertiary/aromatic N) is 6. The Hall–Kier alpha value is -5.78. The van der Waals surface area contributed by atoms with Crippen molar-refractivity contribution in [3.63, 3.8) is 0 Å². The van der Waals surface area contributed by atoms with E-state index in [1.807, 2.05) is 36.4 Å². The molecule has 6 aromatic rings. The third-order valence-electron chi connectivity index (χ3n) is 5.51. The SMILES string of the molecule is Nc1ccc(-c2ccc(N)cn2)nc1.Nc1ccc(-c2ccc(N)cn2)nc1.Nc1ccc(-c2ccc(N)cn2)nc1.[Fe+2]. The van der Waals surface area contributed by atoms with E-state index in [1.54, 1.807) is 73.6 Å². The maximum absolute atomic E-state index is 5.53. The molecule has 13 heteroatoms. The zero-order chi connectivity index (χ0) is 29.9. The number of rotatable bonds is 3. The molecule has 0 radical (unpaired) electrons. The molecule has 43 heavy (non-hydrogen) atoms. The summed E-state index contributed by atoms with van der Waals surface area (Å²) in [6.45, 7) is 0. The molecule has 0 fully saturated rings. The third kappa shape index (κ3) is 9.67. The largest absolute Gasteiger partial charge is 2.00 e. The van der Waals surface area contributed by atoms with Gasteiger partial charge in [-0.2, -0.15) is 0 Å². The molecule has 0 aliphatic heterocycles. The van der Waals surface area contributed by atoms with Gasteiger partial charge in [-0.3, -0.25) is 29.9 Å². The van der Waals surface area contributed by atoms with Gasteiger partial charge in [-0.15, -0.1) is 0 Å². The molecule has 0 aromatic carbocycles. The summed E-state index contributed by atoms with van der Waals surface area (Å²) in [6.07, 6.45) is 9.63. The molecule has 0 spiro atoms. The quantitative estimate of drug-likeness (QED) is 0.156. The molecule has 0 unspecified atom stereocenters. The summed E-state index contributed by atoms with van der Waals surface area (Å²) >= 11 is 0. The van der Waals surface area contributed by atoms with Gasteiger partial charge in [-0.05, 0) is 72.8 Å². The van der Waals surface area contributed by atoms with E-state index < -0.39 is 0 Å². The van der Waals surface area contributed by atoms with Crippen molar-refractivity contribution in [3.8, 4) is 34.2 Å². The van der Waals surface area contributed by atoms with E-state index in [0.29, 0.717) is 34.1 Å². The molecular formula is C30H30FeN12+2. The van der Waals surface area contributed by atoms with Crippen LogP contribution in [0, 0.1) is 0 Å². The third-order valence-corrected chi connectivity index (χ3v) is 5.51. The topological polar surface area (TPSA) is 233 Å². The molecule has 0 aliphatic rings. The molecule has 6 aromatic heterocycles. The van der Waals surface area contributed by atoms with Gasteiger partial charge in [0.15, 0.2) is 0 Å². The molecule has 0 amide bonds. The summed E-state index contributed by atoms with van der Waals surface area (Å²) in [4.78, 5) is 24.9. The van der Waals surface area contributed by atoms with Gasteiger partial charge in [0, 0.05) is 0 Å². The molecule has 12 N–H and O–H groups in total. The van der Waals surface area contributed by atoms with Gasteiger partial charge in [0.2, 0.25) is 0 Å². The summed E-state index contributed by atoms with van der Waals surface area (Å²) in [6, 6.07) is 21.7. The van der Waals surface area contributed by atoms with Crippen molar-refractivity contribution in [1.82, 2.24) is 29.9 Å². The predicted molar refractivity (Wildman–Crippen MR) is 169 cm³/mol. The van der Waals surface area contributed by atoms with Crippen molar-refractivity contribution in [2.45, 2.75) is 0 Å². The van der Waals surface area contributed by atoms with E-state index in [0.717, 1.165) is 34.2 Å². The standard InChI is InChI=1S/3C10H10N4.Fe/c3*11-7-1-3-9(13-5-7)10-4-2-8(12)6-14-10;/h3*1-6H,11-12H2;/q;;;+2. The second-order valence-electron chi connectivity index (χ2n) is 8.86. The van der Waals surface area contributed by atoms with Crippen molar-refractivity contribution in [2.75, 3.05) is 34.4 Å². The average Bonchev–Trinajstić information content (AvgIpc) is 3.01. The molecule has 6 heterocycles. The first-order valence-corrected chi connectivity index (χ1v) is 12.6. The van der Waals surface area contributed by atoms with Crippen molar-refractivity contribution in [1.29, 1.82) is 0 Å². The number of anilines is 6. The number of hydrogen-bond acceptors (Lipinski definition) is 12. The van der Waals surface area contributed by atoms with Crippen LogP contribution in [0.3, 0.4) is 0 Å². The van der Waals surface area contributed by atoms with Crippen LogP contribution in [-0.2, 0) is 17.1 Å². The van der Waals surface area contributed by atoms with Gasteiger partial charge in [0.1, 0.15) is 0 Å². The maximum atomic E-state index is 5.53. The minimum Gasteiger partial charge on any atom is -0.397 e. The molecule has 0 aliphatic carbocycles. The summed E-state index contributed by atoms with van der Waals surface area (Å²) < 4.78 is 0. The Labute approximate surface area is 259 Å². The van der Waals surface area contributed by atoms with Crippen molar-refractivity contribution < 1.29 is 17.1 Å². The summed E-state index contributed by atoms with van der Waals surface area (Å²) in [5, 5.41) is 0. The number of nitrogens with two attached hydrogens (primary N) is 6. The first kappa shape index (κ1) is 31.7. The molecule has 0 bridgehead atoms. The monoisotopic (exact) mass is 614 g/mol. The van der Waals surface area contributed by atoms with Crippen LogP contribution in [0.5, 0.6) is 0 Å². The molecule has 6 rings (SSSR count). The fraction of sp³-hybridized carbons (Fsp3) is 0. The molecule has 0 atom stereocenters. The van der Waals surface area contributed by atoms with Crippen LogP contribution in [0.1, 0.15) is 0 Å². The van der Waals surface area contributed by atoms with Gasteiger partial charge in [0.25, 0.3) is 0 Å². The van der Waals surface area contributed by atoms with Crippen LogP contribution >= 0.6 is 0 Å². The predicted octanol–water partition coefficient (Wildman–Crippen LogP) is 3.92. The van der Waals surface area contributed by atoms with E-state index in [-0.39, 0.29) is 17.1 Å². The van der Waals surface area contributed by atoms with Crippen molar-refractivity contribution >= 4 is 34.1 Å². The van der Waals surface area contributed by atoms with E-state index in [9.17, 15) is 0 Å². The first-order chi connectivity index (χ1) is 20.3. The van der Waals surface area contributed by atoms with Crippen LogP contribution in [0.15, 0.2) is 110 Å². The van der Waals surface area contributed by atoms with Crippen LogP contribution in [0.4, 0.5) is 34.1 Å². The van der Waals surface area contributed by atoms with Gasteiger partial charge in [0.05, 0.1) is 105 Å². The van der Waals surface area contributed by atoms with Gasteiger partial charge < -0.3 is 34.4 Å².